The molecule has 2 heterocycles. The minimum atomic E-state index is -4.00. The van der Waals surface area contributed by atoms with E-state index in [0.717, 1.165) is 23.1 Å². The Bertz CT molecular complexity index is 1080. The number of thiophene rings is 1. The van der Waals surface area contributed by atoms with Crippen molar-refractivity contribution >= 4 is 67.4 Å². The highest BCUT2D eigenvalue weighted by atomic mass is 35.5. The van der Waals surface area contributed by atoms with Gasteiger partial charge in [-0.05, 0) is 43.3 Å². The van der Waals surface area contributed by atoms with Gasteiger partial charge in [0.05, 0.1) is 11.4 Å². The predicted molar refractivity (Wildman–Crippen MR) is 119 cm³/mol. The molecule has 0 spiro atoms. The largest absolute Gasteiger partial charge is 0.497 e. The van der Waals surface area contributed by atoms with Gasteiger partial charge in [-0.3, -0.25) is 14.5 Å². The number of nitrogens with zero attached hydrogens (tertiary/aromatic N) is 2. The highest BCUT2D eigenvalue weighted by Gasteiger charge is 2.39. The Morgan fingerprint density at radius 2 is 1.97 bits per heavy atom. The second-order valence-corrected chi connectivity index (χ2v) is 10.8. The SMILES string of the molecule is CCN1C(=O)C(CC(=O)Nc2ccc(OC)cc2)S/C1=N/S(=O)(=O)c1ccc(Cl)s1. The molecule has 2 amide bonds. The molecule has 0 radical (unpaired) electrons. The molecule has 8 nitrogen and oxygen atoms in total. The van der Waals surface area contributed by atoms with Crippen molar-refractivity contribution in [1.29, 1.82) is 0 Å². The molecule has 30 heavy (non-hydrogen) atoms. The maximum atomic E-state index is 12.7. The molecule has 3 rings (SSSR count). The fourth-order valence-corrected chi connectivity index (χ4v) is 6.52. The van der Waals surface area contributed by atoms with E-state index in [1.165, 1.54) is 17.0 Å². The topological polar surface area (TPSA) is 105 Å². The maximum absolute atomic E-state index is 12.7. The molecule has 1 aromatic heterocycles. The molecule has 1 aliphatic heterocycles. The smallest absolute Gasteiger partial charge is 0.294 e. The third-order valence-corrected chi connectivity index (χ3v) is 8.34. The number of rotatable bonds is 7. The lowest BCUT2D eigenvalue weighted by atomic mass is 10.2. The number of benzene rings is 1. The lowest BCUT2D eigenvalue weighted by Gasteiger charge is -2.13. The van der Waals surface area contributed by atoms with E-state index in [9.17, 15) is 18.0 Å². The summed E-state index contributed by atoms with van der Waals surface area (Å²) in [6, 6.07) is 9.61. The van der Waals surface area contributed by atoms with Crippen LogP contribution < -0.4 is 10.1 Å². The van der Waals surface area contributed by atoms with E-state index < -0.39 is 15.3 Å². The number of halogens is 1. The lowest BCUT2D eigenvalue weighted by Crippen LogP contribution is -2.33. The number of carbonyl (C=O) groups excluding carboxylic acids is 2. The number of nitrogens with one attached hydrogen (secondary N) is 1. The first-order valence-corrected chi connectivity index (χ1v) is 12.3. The van der Waals surface area contributed by atoms with E-state index in [1.54, 1.807) is 38.3 Å². The summed E-state index contributed by atoms with van der Waals surface area (Å²) in [5, 5.41) is 2.01. The van der Waals surface area contributed by atoms with Gasteiger partial charge in [0.25, 0.3) is 10.0 Å². The molecular formula is C18H18ClN3O5S3. The van der Waals surface area contributed by atoms with Crippen LogP contribution in [0.25, 0.3) is 0 Å². The van der Waals surface area contributed by atoms with Crippen LogP contribution in [0.15, 0.2) is 45.0 Å². The van der Waals surface area contributed by atoms with Crippen LogP contribution in [0.4, 0.5) is 5.69 Å². The first-order chi connectivity index (χ1) is 14.2. The number of hydrogen-bond acceptors (Lipinski definition) is 7. The Morgan fingerprint density at radius 1 is 1.27 bits per heavy atom. The van der Waals surface area contributed by atoms with E-state index in [1.807, 2.05) is 0 Å². The van der Waals surface area contributed by atoms with Crippen molar-refractivity contribution in [3.8, 4) is 5.75 Å². The fraction of sp³-hybridized carbons (Fsp3) is 0.278. The quantitative estimate of drug-likeness (QED) is 0.641. The normalized spacial score (nSPS) is 18.1. The molecule has 2 aromatic rings. The molecule has 1 atom stereocenters. The summed E-state index contributed by atoms with van der Waals surface area (Å²) in [7, 11) is -2.46. The molecule has 1 aromatic carbocycles. The van der Waals surface area contributed by atoms with Crippen molar-refractivity contribution < 1.29 is 22.7 Å². The standard InChI is InChI=1S/C18H18ClN3O5S3/c1-3-22-17(24)13(10-15(23)20-11-4-6-12(27-2)7-5-11)28-18(22)21-30(25,26)16-9-8-14(19)29-16/h4-9,13H,3,10H2,1-2H3,(H,20,23)/b21-18+. The lowest BCUT2D eigenvalue weighted by molar-refractivity contribution is -0.128. The van der Waals surface area contributed by atoms with Crippen molar-refractivity contribution in [2.24, 2.45) is 4.40 Å². The number of ether oxygens (including phenoxy) is 1. The van der Waals surface area contributed by atoms with Crippen LogP contribution >= 0.6 is 34.7 Å². The third kappa shape index (κ3) is 5.15. The van der Waals surface area contributed by atoms with E-state index in [-0.39, 0.29) is 34.2 Å². The first-order valence-electron chi connectivity index (χ1n) is 8.75. The number of amidine groups is 1. The minimum absolute atomic E-state index is 0.00944. The van der Waals surface area contributed by atoms with Crippen molar-refractivity contribution in [2.75, 3.05) is 19.0 Å². The van der Waals surface area contributed by atoms with Crippen molar-refractivity contribution in [1.82, 2.24) is 4.90 Å². The predicted octanol–water partition coefficient (Wildman–Crippen LogP) is 3.45. The average molecular weight is 488 g/mol. The Kier molecular flexibility index (Phi) is 7.06. The summed E-state index contributed by atoms with van der Waals surface area (Å²) in [6.45, 7) is 1.95. The number of thioether (sulfide) groups is 1. The van der Waals surface area contributed by atoms with Gasteiger partial charge in [0.15, 0.2) is 5.17 Å². The van der Waals surface area contributed by atoms with E-state index in [0.29, 0.717) is 15.8 Å². The molecule has 160 valence electrons. The van der Waals surface area contributed by atoms with Crippen molar-refractivity contribution in [3.63, 3.8) is 0 Å². The fourth-order valence-electron chi connectivity index (χ4n) is 2.64. The van der Waals surface area contributed by atoms with Gasteiger partial charge in [-0.2, -0.15) is 8.42 Å². The molecular weight excluding hydrogens is 470 g/mol. The minimum Gasteiger partial charge on any atom is -0.497 e. The van der Waals surface area contributed by atoms with Crippen LogP contribution in [-0.4, -0.2) is 49.2 Å². The average Bonchev–Trinajstić information content (AvgIpc) is 3.26. The van der Waals surface area contributed by atoms with Crippen LogP contribution in [0.5, 0.6) is 5.75 Å². The number of anilines is 1. The van der Waals surface area contributed by atoms with Gasteiger partial charge in [0, 0.05) is 18.7 Å². The van der Waals surface area contributed by atoms with Gasteiger partial charge in [-0.1, -0.05) is 23.4 Å². The van der Waals surface area contributed by atoms with Crippen LogP contribution in [0.1, 0.15) is 13.3 Å². The molecule has 1 saturated heterocycles. The molecule has 0 aliphatic carbocycles. The Labute approximate surface area is 187 Å². The summed E-state index contributed by atoms with van der Waals surface area (Å²) < 4.78 is 34.2. The van der Waals surface area contributed by atoms with Gasteiger partial charge in [-0.25, -0.2) is 0 Å². The number of sulfonamides is 1. The van der Waals surface area contributed by atoms with Crippen LogP contribution in [-0.2, 0) is 19.6 Å². The molecule has 1 unspecified atom stereocenters. The van der Waals surface area contributed by atoms with Gasteiger partial charge in [0.2, 0.25) is 11.8 Å². The van der Waals surface area contributed by atoms with Crippen molar-refractivity contribution in [2.45, 2.75) is 22.8 Å². The summed E-state index contributed by atoms with van der Waals surface area (Å²) in [5.41, 5.74) is 0.564. The zero-order valence-corrected chi connectivity index (χ0v) is 19.2. The molecule has 0 saturated carbocycles. The second kappa shape index (κ2) is 9.38. The van der Waals surface area contributed by atoms with E-state index in [2.05, 4.69) is 9.71 Å². The van der Waals surface area contributed by atoms with Gasteiger partial charge < -0.3 is 10.1 Å². The summed E-state index contributed by atoms with van der Waals surface area (Å²) in [6.07, 6.45) is -0.115. The van der Waals surface area contributed by atoms with Crippen LogP contribution in [0.2, 0.25) is 4.34 Å². The zero-order chi connectivity index (χ0) is 21.9. The Morgan fingerprint density at radius 3 is 2.53 bits per heavy atom. The molecule has 1 N–H and O–H groups in total. The van der Waals surface area contributed by atoms with Gasteiger partial charge >= 0.3 is 0 Å². The van der Waals surface area contributed by atoms with Gasteiger partial charge in [-0.15, -0.1) is 15.7 Å². The molecule has 1 aliphatic rings. The Hall–Kier alpha value is -2.08. The highest BCUT2D eigenvalue weighted by molar-refractivity contribution is 8.16. The number of methoxy groups -OCH3 is 1. The van der Waals surface area contributed by atoms with E-state index >= 15 is 0 Å². The maximum Gasteiger partial charge on any atom is 0.294 e. The summed E-state index contributed by atoms with van der Waals surface area (Å²) in [5.74, 6) is -0.0658. The molecule has 0 bridgehead atoms. The monoisotopic (exact) mass is 487 g/mol. The first kappa shape index (κ1) is 22.6. The van der Waals surface area contributed by atoms with Crippen molar-refractivity contribution in [3.05, 3.63) is 40.7 Å². The third-order valence-electron chi connectivity index (χ3n) is 4.08. The number of hydrogen-bond donors (Lipinski definition) is 1. The molecule has 1 fully saturated rings. The molecule has 12 heteroatoms. The number of amides is 2. The van der Waals surface area contributed by atoms with Crippen LogP contribution in [0.3, 0.4) is 0 Å². The summed E-state index contributed by atoms with van der Waals surface area (Å²) >= 11 is 7.66. The zero-order valence-electron chi connectivity index (χ0n) is 16.0. The number of carbonyl (C=O) groups is 2. The Balaban J connectivity index is 1.72. The van der Waals surface area contributed by atoms with E-state index in [4.69, 9.17) is 16.3 Å². The second-order valence-electron chi connectivity index (χ2n) is 6.08. The van der Waals surface area contributed by atoms with Crippen LogP contribution in [0, 0.1) is 0 Å². The summed E-state index contributed by atoms with van der Waals surface area (Å²) in [4.78, 5) is 26.3. The highest BCUT2D eigenvalue weighted by Crippen LogP contribution is 2.33. The van der Waals surface area contributed by atoms with Gasteiger partial charge in [0.1, 0.15) is 15.2 Å².